The van der Waals surface area contributed by atoms with Crippen molar-refractivity contribution in [2.75, 3.05) is 53.6 Å². The van der Waals surface area contributed by atoms with Crippen LogP contribution in [0.25, 0.3) is 11.0 Å². The van der Waals surface area contributed by atoms with Crippen molar-refractivity contribution in [1.82, 2.24) is 9.80 Å². The van der Waals surface area contributed by atoms with Crippen LogP contribution in [0.4, 0.5) is 0 Å². The molecule has 1 fully saturated rings. The van der Waals surface area contributed by atoms with Crippen molar-refractivity contribution in [2.45, 2.75) is 19.4 Å². The lowest BCUT2D eigenvalue weighted by Crippen LogP contribution is -2.42. The molecule has 0 saturated carbocycles. The van der Waals surface area contributed by atoms with E-state index >= 15 is 0 Å². The third-order valence-electron chi connectivity index (χ3n) is 6.93. The van der Waals surface area contributed by atoms with Gasteiger partial charge in [-0.25, -0.2) is 0 Å². The van der Waals surface area contributed by atoms with Gasteiger partial charge >= 0.3 is 0 Å². The molecule has 8 nitrogen and oxygen atoms in total. The minimum absolute atomic E-state index is 0.101. The van der Waals surface area contributed by atoms with Gasteiger partial charge in [0.1, 0.15) is 5.58 Å². The largest absolute Gasteiger partial charge is 0.493 e. The normalized spacial score (nSPS) is 18.2. The van der Waals surface area contributed by atoms with Gasteiger partial charge in [-0.05, 0) is 30.2 Å². The molecule has 2 aliphatic heterocycles. The summed E-state index contributed by atoms with van der Waals surface area (Å²) in [7, 11) is 3.13. The van der Waals surface area contributed by atoms with Gasteiger partial charge < -0.3 is 23.5 Å². The minimum atomic E-state index is -0.644. The Morgan fingerprint density at radius 3 is 2.54 bits per heavy atom. The summed E-state index contributed by atoms with van der Waals surface area (Å²) in [6.45, 7) is 6.10. The van der Waals surface area contributed by atoms with Crippen LogP contribution in [0.1, 0.15) is 40.2 Å². The summed E-state index contributed by atoms with van der Waals surface area (Å²) >= 11 is 0. The van der Waals surface area contributed by atoms with E-state index in [9.17, 15) is 9.59 Å². The number of hydrogen-bond acceptors (Lipinski definition) is 7. The van der Waals surface area contributed by atoms with Gasteiger partial charge in [-0.3, -0.25) is 14.5 Å². The topological polar surface area (TPSA) is 81.5 Å². The highest BCUT2D eigenvalue weighted by atomic mass is 16.5. The fourth-order valence-corrected chi connectivity index (χ4v) is 5.04. The number of rotatable bonds is 7. The van der Waals surface area contributed by atoms with Gasteiger partial charge in [0.2, 0.25) is 5.76 Å². The Bertz CT molecular complexity index is 1310. The van der Waals surface area contributed by atoms with Crippen LogP contribution in [-0.2, 0) is 11.2 Å². The van der Waals surface area contributed by atoms with Gasteiger partial charge in [-0.1, -0.05) is 25.1 Å². The second-order valence-corrected chi connectivity index (χ2v) is 8.80. The number of fused-ring (bicyclic) bond motifs is 2. The second kappa shape index (κ2) is 9.71. The molecule has 35 heavy (non-hydrogen) atoms. The molecule has 0 radical (unpaired) electrons. The highest BCUT2D eigenvalue weighted by Crippen LogP contribution is 2.44. The second-order valence-electron chi connectivity index (χ2n) is 8.80. The third kappa shape index (κ3) is 4.06. The van der Waals surface area contributed by atoms with Gasteiger partial charge in [0, 0.05) is 31.7 Å². The fraction of sp³-hybridized carbons (Fsp3) is 0.407. The number of methoxy groups -OCH3 is 2. The van der Waals surface area contributed by atoms with E-state index in [1.54, 1.807) is 31.3 Å². The number of ether oxygens (including phenoxy) is 3. The van der Waals surface area contributed by atoms with E-state index in [1.807, 2.05) is 31.2 Å². The van der Waals surface area contributed by atoms with Crippen LogP contribution >= 0.6 is 0 Å². The molecule has 1 amide bonds. The van der Waals surface area contributed by atoms with Crippen LogP contribution < -0.4 is 14.9 Å². The molecular weight excluding hydrogens is 448 g/mol. The van der Waals surface area contributed by atoms with E-state index in [-0.39, 0.29) is 17.1 Å². The quantitative estimate of drug-likeness (QED) is 0.516. The average molecular weight is 479 g/mol. The molecule has 3 aromatic rings. The SMILES string of the molecule is CCc1ccc2oc3c(c(=O)c2c1)C(c1cccc(OC)c1OC)N(CCN1CCOCC1)C3=O. The van der Waals surface area contributed by atoms with Crippen molar-refractivity contribution >= 4 is 16.9 Å². The minimum Gasteiger partial charge on any atom is -0.493 e. The number of hydrogen-bond donors (Lipinski definition) is 0. The maximum absolute atomic E-state index is 13.9. The number of aryl methyl sites for hydroxylation is 1. The number of carbonyl (C=O) groups excluding carboxylic acids is 1. The highest BCUT2D eigenvalue weighted by Gasteiger charge is 2.44. The lowest BCUT2D eigenvalue weighted by atomic mass is 9.96. The molecule has 0 aliphatic carbocycles. The Kier molecular flexibility index (Phi) is 6.49. The van der Waals surface area contributed by atoms with Crippen LogP contribution in [0.15, 0.2) is 45.6 Å². The molecule has 1 unspecified atom stereocenters. The highest BCUT2D eigenvalue weighted by molar-refractivity contribution is 5.99. The first-order valence-electron chi connectivity index (χ1n) is 12.0. The monoisotopic (exact) mass is 478 g/mol. The molecule has 1 saturated heterocycles. The molecule has 3 heterocycles. The summed E-state index contributed by atoms with van der Waals surface area (Å²) in [6, 6.07) is 10.4. The number of para-hydroxylation sites is 1. The van der Waals surface area contributed by atoms with Crippen LogP contribution in [0.2, 0.25) is 0 Å². The summed E-state index contributed by atoms with van der Waals surface area (Å²) in [4.78, 5) is 31.6. The molecule has 8 heteroatoms. The molecule has 184 valence electrons. The van der Waals surface area contributed by atoms with E-state index in [2.05, 4.69) is 4.90 Å². The smallest absolute Gasteiger partial charge is 0.290 e. The van der Waals surface area contributed by atoms with Crippen LogP contribution in [0.5, 0.6) is 11.5 Å². The first-order chi connectivity index (χ1) is 17.1. The Morgan fingerprint density at radius 2 is 1.83 bits per heavy atom. The first kappa shape index (κ1) is 23.4. The lowest BCUT2D eigenvalue weighted by molar-refractivity contribution is 0.0314. The number of amides is 1. The molecule has 5 rings (SSSR count). The Labute approximate surface area is 204 Å². The summed E-state index contributed by atoms with van der Waals surface area (Å²) in [5, 5.41) is 0.484. The predicted octanol–water partition coefficient (Wildman–Crippen LogP) is 3.25. The molecule has 0 bridgehead atoms. The van der Waals surface area contributed by atoms with Crippen molar-refractivity contribution < 1.29 is 23.4 Å². The Hall–Kier alpha value is -3.36. The van der Waals surface area contributed by atoms with Crippen LogP contribution in [-0.4, -0.2) is 69.3 Å². The Morgan fingerprint density at radius 1 is 1.03 bits per heavy atom. The number of morpholine rings is 1. The molecule has 2 aromatic carbocycles. The molecule has 0 N–H and O–H groups in total. The summed E-state index contributed by atoms with van der Waals surface area (Å²) in [6.07, 6.45) is 0.796. The van der Waals surface area contributed by atoms with Crippen molar-refractivity contribution in [2.24, 2.45) is 0 Å². The first-order valence-corrected chi connectivity index (χ1v) is 12.0. The maximum atomic E-state index is 13.9. The van der Waals surface area contributed by atoms with E-state index in [4.69, 9.17) is 18.6 Å². The van der Waals surface area contributed by atoms with E-state index in [0.29, 0.717) is 59.9 Å². The molecular formula is C27H30N2O6. The van der Waals surface area contributed by atoms with Gasteiger partial charge in [-0.15, -0.1) is 0 Å². The maximum Gasteiger partial charge on any atom is 0.290 e. The molecule has 1 aromatic heterocycles. The van der Waals surface area contributed by atoms with Crippen molar-refractivity contribution in [3.8, 4) is 11.5 Å². The fourth-order valence-electron chi connectivity index (χ4n) is 5.04. The van der Waals surface area contributed by atoms with Gasteiger partial charge in [0.15, 0.2) is 16.9 Å². The van der Waals surface area contributed by atoms with Crippen LogP contribution in [0.3, 0.4) is 0 Å². The zero-order valence-electron chi connectivity index (χ0n) is 20.3. The van der Waals surface area contributed by atoms with Crippen LogP contribution in [0, 0.1) is 0 Å². The molecule has 1 atom stereocenters. The van der Waals surface area contributed by atoms with E-state index in [1.165, 1.54) is 0 Å². The van der Waals surface area contributed by atoms with Crippen molar-refractivity contribution in [1.29, 1.82) is 0 Å². The lowest BCUT2D eigenvalue weighted by Gasteiger charge is -2.31. The van der Waals surface area contributed by atoms with Gasteiger partial charge in [0.25, 0.3) is 5.91 Å². The standard InChI is InChI=1S/C27H30N2O6/c1-4-17-8-9-20-19(16-17)24(30)22-23(18-6-5-7-21(32-2)25(18)33-3)29(27(31)26(22)35-20)11-10-28-12-14-34-15-13-28/h5-9,16,23H,4,10-15H2,1-3H3. The number of carbonyl (C=O) groups is 1. The molecule has 0 spiro atoms. The zero-order chi connectivity index (χ0) is 24.5. The zero-order valence-corrected chi connectivity index (χ0v) is 20.3. The van der Waals surface area contributed by atoms with Gasteiger partial charge in [-0.2, -0.15) is 0 Å². The summed E-state index contributed by atoms with van der Waals surface area (Å²) in [5.74, 6) is 0.849. The third-order valence-corrected chi connectivity index (χ3v) is 6.93. The molecule has 2 aliphatic rings. The Balaban J connectivity index is 1.67. The average Bonchev–Trinajstić information content (AvgIpc) is 3.18. The van der Waals surface area contributed by atoms with Gasteiger partial charge in [0.05, 0.1) is 44.4 Å². The van der Waals surface area contributed by atoms with E-state index in [0.717, 1.165) is 25.1 Å². The van der Waals surface area contributed by atoms with Crippen molar-refractivity contribution in [3.05, 3.63) is 69.1 Å². The summed E-state index contributed by atoms with van der Waals surface area (Å²) < 4.78 is 22.8. The van der Waals surface area contributed by atoms with E-state index < -0.39 is 6.04 Å². The summed E-state index contributed by atoms with van der Waals surface area (Å²) in [5.41, 5.74) is 2.32. The van der Waals surface area contributed by atoms with Crippen molar-refractivity contribution in [3.63, 3.8) is 0 Å². The predicted molar refractivity (Wildman–Crippen MR) is 132 cm³/mol. The number of benzene rings is 2. The number of nitrogens with zero attached hydrogens (tertiary/aromatic N) is 2.